The van der Waals surface area contributed by atoms with Crippen LogP contribution in [0.5, 0.6) is 0 Å². The summed E-state index contributed by atoms with van der Waals surface area (Å²) in [6, 6.07) is 3.94. The third-order valence-electron chi connectivity index (χ3n) is 2.42. The van der Waals surface area contributed by atoms with E-state index in [2.05, 4.69) is 12.0 Å². The predicted octanol–water partition coefficient (Wildman–Crippen LogP) is 2.31. The van der Waals surface area contributed by atoms with Gasteiger partial charge in [0.1, 0.15) is 0 Å². The molecule has 0 saturated heterocycles. The molecular weight excluding hydrogens is 210 g/mol. The Hall–Kier alpha value is -1.26. The molecule has 0 radical (unpaired) electrons. The first-order valence-corrected chi connectivity index (χ1v) is 5.18. The van der Waals surface area contributed by atoms with Gasteiger partial charge < -0.3 is 0 Å². The van der Waals surface area contributed by atoms with Crippen molar-refractivity contribution in [3.63, 3.8) is 0 Å². The SMILES string of the molecule is C=CCCC(Cc1ccc(F)c(F)c1)NN. The van der Waals surface area contributed by atoms with Crippen molar-refractivity contribution in [3.8, 4) is 0 Å². The van der Waals surface area contributed by atoms with Crippen molar-refractivity contribution in [1.82, 2.24) is 5.43 Å². The lowest BCUT2D eigenvalue weighted by atomic mass is 10.0. The van der Waals surface area contributed by atoms with Gasteiger partial charge in [-0.15, -0.1) is 6.58 Å². The summed E-state index contributed by atoms with van der Waals surface area (Å²) in [4.78, 5) is 0. The smallest absolute Gasteiger partial charge is 0.159 e. The number of hydrogen-bond donors (Lipinski definition) is 2. The highest BCUT2D eigenvalue weighted by Crippen LogP contribution is 2.12. The van der Waals surface area contributed by atoms with E-state index >= 15 is 0 Å². The van der Waals surface area contributed by atoms with Crippen LogP contribution >= 0.6 is 0 Å². The Labute approximate surface area is 94.1 Å². The van der Waals surface area contributed by atoms with Gasteiger partial charge in [-0.25, -0.2) is 8.78 Å². The highest BCUT2D eigenvalue weighted by atomic mass is 19.2. The molecule has 0 amide bonds. The molecule has 0 aromatic heterocycles. The van der Waals surface area contributed by atoms with E-state index in [1.807, 2.05) is 0 Å². The predicted molar refractivity (Wildman–Crippen MR) is 60.6 cm³/mol. The second-order valence-electron chi connectivity index (χ2n) is 3.68. The van der Waals surface area contributed by atoms with Crippen LogP contribution < -0.4 is 11.3 Å². The fraction of sp³-hybridized carbons (Fsp3) is 0.333. The number of allylic oxidation sites excluding steroid dienone is 1. The monoisotopic (exact) mass is 226 g/mol. The summed E-state index contributed by atoms with van der Waals surface area (Å²) in [7, 11) is 0. The quantitative estimate of drug-likeness (QED) is 0.444. The minimum absolute atomic E-state index is 0.0443. The van der Waals surface area contributed by atoms with Crippen LogP contribution in [-0.2, 0) is 6.42 Å². The summed E-state index contributed by atoms with van der Waals surface area (Å²) in [6.07, 6.45) is 4.02. The lowest BCUT2D eigenvalue weighted by molar-refractivity contribution is 0.485. The molecule has 4 heteroatoms. The molecule has 1 unspecified atom stereocenters. The Morgan fingerprint density at radius 1 is 1.38 bits per heavy atom. The van der Waals surface area contributed by atoms with Crippen molar-refractivity contribution in [2.45, 2.75) is 25.3 Å². The van der Waals surface area contributed by atoms with Crippen molar-refractivity contribution >= 4 is 0 Å². The second kappa shape index (κ2) is 6.35. The van der Waals surface area contributed by atoms with E-state index in [-0.39, 0.29) is 6.04 Å². The van der Waals surface area contributed by atoms with E-state index < -0.39 is 11.6 Å². The molecule has 0 saturated carbocycles. The van der Waals surface area contributed by atoms with Gasteiger partial charge in [-0.05, 0) is 37.0 Å². The highest BCUT2D eigenvalue weighted by molar-refractivity contribution is 5.18. The molecule has 1 aromatic rings. The molecule has 0 fully saturated rings. The number of hydrogen-bond acceptors (Lipinski definition) is 2. The molecule has 1 rings (SSSR count). The molecule has 0 aliphatic carbocycles. The normalized spacial score (nSPS) is 12.4. The van der Waals surface area contributed by atoms with Crippen LogP contribution in [-0.4, -0.2) is 6.04 Å². The number of rotatable bonds is 6. The summed E-state index contributed by atoms with van der Waals surface area (Å²) < 4.78 is 25.6. The fourth-order valence-corrected chi connectivity index (χ4v) is 1.51. The number of halogens is 2. The van der Waals surface area contributed by atoms with E-state index in [1.165, 1.54) is 6.07 Å². The fourth-order valence-electron chi connectivity index (χ4n) is 1.51. The first-order valence-electron chi connectivity index (χ1n) is 5.18. The minimum Gasteiger partial charge on any atom is -0.271 e. The number of hydrazine groups is 1. The third-order valence-corrected chi connectivity index (χ3v) is 2.42. The maximum absolute atomic E-state index is 12.9. The zero-order valence-electron chi connectivity index (χ0n) is 9.05. The Bertz CT molecular complexity index is 353. The van der Waals surface area contributed by atoms with Gasteiger partial charge in [0.15, 0.2) is 11.6 Å². The molecule has 88 valence electrons. The molecule has 0 spiro atoms. The molecule has 3 N–H and O–H groups in total. The van der Waals surface area contributed by atoms with Crippen LogP contribution in [0.2, 0.25) is 0 Å². The average Bonchev–Trinajstić information content (AvgIpc) is 2.29. The van der Waals surface area contributed by atoms with Gasteiger partial charge in [-0.3, -0.25) is 11.3 Å². The molecule has 0 aliphatic rings. The molecule has 0 bridgehead atoms. The first-order chi connectivity index (χ1) is 7.67. The van der Waals surface area contributed by atoms with Gasteiger partial charge in [0.05, 0.1) is 0 Å². The second-order valence-corrected chi connectivity index (χ2v) is 3.68. The van der Waals surface area contributed by atoms with Crippen LogP contribution in [0.1, 0.15) is 18.4 Å². The van der Waals surface area contributed by atoms with Gasteiger partial charge in [0, 0.05) is 6.04 Å². The number of benzene rings is 1. The topological polar surface area (TPSA) is 38.0 Å². The highest BCUT2D eigenvalue weighted by Gasteiger charge is 2.09. The van der Waals surface area contributed by atoms with Crippen molar-refractivity contribution in [1.29, 1.82) is 0 Å². The van der Waals surface area contributed by atoms with E-state index in [4.69, 9.17) is 5.84 Å². The Morgan fingerprint density at radius 2 is 2.12 bits per heavy atom. The van der Waals surface area contributed by atoms with Crippen LogP contribution in [0.4, 0.5) is 8.78 Å². The van der Waals surface area contributed by atoms with Gasteiger partial charge in [0.25, 0.3) is 0 Å². The van der Waals surface area contributed by atoms with Crippen molar-refractivity contribution < 1.29 is 8.78 Å². The lowest BCUT2D eigenvalue weighted by Crippen LogP contribution is -2.36. The Balaban J connectivity index is 2.62. The molecule has 2 nitrogen and oxygen atoms in total. The molecular formula is C12H16F2N2. The van der Waals surface area contributed by atoms with E-state index in [0.717, 1.165) is 24.5 Å². The maximum Gasteiger partial charge on any atom is 0.159 e. The molecule has 16 heavy (non-hydrogen) atoms. The van der Waals surface area contributed by atoms with Crippen molar-refractivity contribution in [2.75, 3.05) is 0 Å². The summed E-state index contributed by atoms with van der Waals surface area (Å²) >= 11 is 0. The number of nitrogens with one attached hydrogen (secondary N) is 1. The van der Waals surface area contributed by atoms with E-state index in [0.29, 0.717) is 6.42 Å². The number of nitrogens with two attached hydrogens (primary N) is 1. The maximum atomic E-state index is 12.9. The zero-order chi connectivity index (χ0) is 12.0. The van der Waals surface area contributed by atoms with Crippen LogP contribution in [0.15, 0.2) is 30.9 Å². The molecule has 0 heterocycles. The zero-order valence-corrected chi connectivity index (χ0v) is 9.05. The Morgan fingerprint density at radius 3 is 2.69 bits per heavy atom. The standard InChI is InChI=1S/C12H16F2N2/c1-2-3-4-10(16-15)7-9-5-6-11(13)12(14)8-9/h2,5-6,8,10,16H,1,3-4,7,15H2. The average molecular weight is 226 g/mol. The largest absolute Gasteiger partial charge is 0.271 e. The summed E-state index contributed by atoms with van der Waals surface area (Å²) in [5, 5.41) is 0. The summed E-state index contributed by atoms with van der Waals surface area (Å²) in [6.45, 7) is 3.62. The van der Waals surface area contributed by atoms with E-state index in [9.17, 15) is 8.78 Å². The van der Waals surface area contributed by atoms with Gasteiger partial charge in [-0.1, -0.05) is 12.1 Å². The first kappa shape index (κ1) is 12.8. The summed E-state index contributed by atoms with van der Waals surface area (Å²) in [5.41, 5.74) is 3.38. The van der Waals surface area contributed by atoms with E-state index in [1.54, 1.807) is 12.1 Å². The lowest BCUT2D eigenvalue weighted by Gasteiger charge is -2.14. The molecule has 1 aromatic carbocycles. The molecule has 1 atom stereocenters. The summed E-state index contributed by atoms with van der Waals surface area (Å²) in [5.74, 6) is 3.73. The van der Waals surface area contributed by atoms with Gasteiger partial charge >= 0.3 is 0 Å². The minimum atomic E-state index is -0.827. The Kier molecular flexibility index (Phi) is 5.08. The van der Waals surface area contributed by atoms with Gasteiger partial charge in [-0.2, -0.15) is 0 Å². The molecule has 0 aliphatic heterocycles. The van der Waals surface area contributed by atoms with Crippen molar-refractivity contribution in [2.24, 2.45) is 5.84 Å². The van der Waals surface area contributed by atoms with Gasteiger partial charge in [0.2, 0.25) is 0 Å². The van der Waals surface area contributed by atoms with Crippen molar-refractivity contribution in [3.05, 3.63) is 48.1 Å². The van der Waals surface area contributed by atoms with Crippen LogP contribution in [0, 0.1) is 11.6 Å². The van der Waals surface area contributed by atoms with Crippen LogP contribution in [0.3, 0.4) is 0 Å². The van der Waals surface area contributed by atoms with Crippen LogP contribution in [0.25, 0.3) is 0 Å². The third kappa shape index (κ3) is 3.72.